The third-order valence-electron chi connectivity index (χ3n) is 19.2. The van der Waals surface area contributed by atoms with Crippen molar-refractivity contribution in [3.63, 3.8) is 0 Å². The molecule has 0 atom stereocenters. The van der Waals surface area contributed by atoms with E-state index in [9.17, 15) is 0 Å². The molecule has 0 N–H and O–H groups in total. The van der Waals surface area contributed by atoms with Crippen LogP contribution in [-0.4, -0.2) is 18.0 Å². The van der Waals surface area contributed by atoms with Crippen molar-refractivity contribution >= 4 is 160 Å². The SMILES string of the molecule is c1ccc(N(c2ccccc2)c2cc3c4c(c2)N(c2ccccc2)c2ccccc2B4c2cc4c(c(-c5ccccc5-n5c6ccccc6c6ccccc65)c2S3)Sc2cc(N(c3ccccc3)c3ccccc3)cc3c2B4c2ccccc2N3c2ccccc2)cc1. The molecule has 0 spiro atoms. The smallest absolute Gasteiger partial charge is 0.249 e. The van der Waals surface area contributed by atoms with Crippen LogP contribution in [0.1, 0.15) is 0 Å². The highest BCUT2D eigenvalue weighted by atomic mass is 32.2. The summed E-state index contributed by atoms with van der Waals surface area (Å²) >= 11 is 3.90. The summed E-state index contributed by atoms with van der Waals surface area (Å²) in [5.74, 6) is 0. The van der Waals surface area contributed by atoms with Crippen LogP contribution >= 0.6 is 23.5 Å². The molecular formula is C84H55B2N5S2. The van der Waals surface area contributed by atoms with E-state index in [0.29, 0.717) is 0 Å². The van der Waals surface area contributed by atoms with Gasteiger partial charge in [0.2, 0.25) is 13.4 Å². The number of benzene rings is 14. The van der Waals surface area contributed by atoms with Gasteiger partial charge in [-0.2, -0.15) is 0 Å². The number of hydrogen-bond acceptors (Lipinski definition) is 6. The average Bonchev–Trinajstić information content (AvgIpc) is 1.00. The molecule has 9 heteroatoms. The molecule has 5 nitrogen and oxygen atoms in total. The second-order valence-electron chi connectivity index (χ2n) is 24.3. The molecular weight excluding hydrogens is 1160 g/mol. The summed E-state index contributed by atoms with van der Waals surface area (Å²) in [6, 6.07) is 124. The summed E-state index contributed by atoms with van der Waals surface area (Å²) in [5.41, 5.74) is 27.3. The Morgan fingerprint density at radius 2 is 0.613 bits per heavy atom. The molecule has 15 aromatic rings. The largest absolute Gasteiger partial charge is 0.311 e. The number of para-hydroxylation sites is 11. The van der Waals surface area contributed by atoms with E-state index < -0.39 is 0 Å². The van der Waals surface area contributed by atoms with Crippen molar-refractivity contribution in [2.45, 2.75) is 19.6 Å². The van der Waals surface area contributed by atoms with E-state index in [1.165, 1.54) is 108 Å². The lowest BCUT2D eigenvalue weighted by molar-refractivity contribution is 1.17. The summed E-state index contributed by atoms with van der Waals surface area (Å²) in [6.45, 7) is -0.276. The molecule has 5 heterocycles. The van der Waals surface area contributed by atoms with Crippen molar-refractivity contribution in [2.75, 3.05) is 19.6 Å². The molecule has 0 unspecified atom stereocenters. The number of anilines is 12. The van der Waals surface area contributed by atoms with Gasteiger partial charge in [0, 0.05) is 110 Å². The highest BCUT2D eigenvalue weighted by Gasteiger charge is 2.48. The Kier molecular flexibility index (Phi) is 12.6. The molecule has 0 radical (unpaired) electrons. The zero-order chi connectivity index (χ0) is 61.1. The summed E-state index contributed by atoms with van der Waals surface area (Å²) < 4.78 is 2.54. The number of aromatic nitrogens is 1. The second-order valence-corrected chi connectivity index (χ2v) is 26.4. The lowest BCUT2D eigenvalue weighted by atomic mass is 9.31. The summed E-state index contributed by atoms with van der Waals surface area (Å²) in [5, 5.41) is 2.47. The highest BCUT2D eigenvalue weighted by Crippen LogP contribution is 2.54. The van der Waals surface area contributed by atoms with Gasteiger partial charge < -0.3 is 24.2 Å². The van der Waals surface area contributed by atoms with Gasteiger partial charge in [-0.25, -0.2) is 0 Å². The van der Waals surface area contributed by atoms with Crippen LogP contribution in [0, 0.1) is 0 Å². The van der Waals surface area contributed by atoms with Gasteiger partial charge in [-0.05, 0) is 149 Å². The topological polar surface area (TPSA) is 17.9 Å². The zero-order valence-electron chi connectivity index (χ0n) is 50.5. The standard InChI is InChI=1S/C84H55B2N5S2/c1-7-29-56(30-8-1)87(57-31-9-2-10-32-57)62-51-76-81-78(53-62)92-83-69(85(81)67-44-22-27-49-74(67)89(76)60-37-15-5-16-38-60)55-70-84(80(83)66-43-21-26-48-73(66)91-71-46-24-19-41-64(71)65-42-20-25-47-72(65)91)93-79-54-63(88(58-33-11-3-12-34-58)59-35-13-4-14-36-59)52-77-82(79)86(70)68-45-23-28-50-75(68)90(77)61-39-17-6-18-40-61/h1-55H. The van der Waals surface area contributed by atoms with Crippen LogP contribution in [0.2, 0.25) is 0 Å². The van der Waals surface area contributed by atoms with E-state index in [0.717, 1.165) is 51.2 Å². The molecule has 0 amide bonds. The number of hydrogen-bond donors (Lipinski definition) is 0. The first-order valence-electron chi connectivity index (χ1n) is 31.9. The Bertz CT molecular complexity index is 5050. The molecule has 1 aromatic heterocycles. The van der Waals surface area contributed by atoms with Crippen LogP contribution < -0.4 is 52.4 Å². The van der Waals surface area contributed by atoms with Crippen molar-refractivity contribution in [1.29, 1.82) is 0 Å². The van der Waals surface area contributed by atoms with Gasteiger partial charge in [0.05, 0.1) is 16.7 Å². The fraction of sp³-hybridized carbons (Fsp3) is 0. The molecule has 19 rings (SSSR count). The Labute approximate surface area is 550 Å². The fourth-order valence-corrected chi connectivity index (χ4v) is 18.2. The highest BCUT2D eigenvalue weighted by molar-refractivity contribution is 8.01. The van der Waals surface area contributed by atoms with Gasteiger partial charge in [0.25, 0.3) is 0 Å². The van der Waals surface area contributed by atoms with Crippen LogP contribution in [0.4, 0.5) is 68.2 Å². The molecule has 0 bridgehead atoms. The normalized spacial score (nSPS) is 13.0. The van der Waals surface area contributed by atoms with Crippen LogP contribution in [0.3, 0.4) is 0 Å². The minimum atomic E-state index is -0.138. The van der Waals surface area contributed by atoms with E-state index in [-0.39, 0.29) is 13.4 Å². The third kappa shape index (κ3) is 8.47. The third-order valence-corrected chi connectivity index (χ3v) is 21.6. The lowest BCUT2D eigenvalue weighted by Crippen LogP contribution is -2.64. The number of rotatable bonds is 10. The monoisotopic (exact) mass is 1220 g/mol. The van der Waals surface area contributed by atoms with E-state index in [1.807, 2.05) is 23.5 Å². The van der Waals surface area contributed by atoms with Gasteiger partial charge in [-0.1, -0.05) is 241 Å². The Hall–Kier alpha value is -11.1. The minimum absolute atomic E-state index is 0.138. The van der Waals surface area contributed by atoms with Crippen LogP contribution in [0.5, 0.6) is 0 Å². The van der Waals surface area contributed by atoms with Crippen molar-refractivity contribution < 1.29 is 0 Å². The van der Waals surface area contributed by atoms with E-state index >= 15 is 0 Å². The maximum atomic E-state index is 2.68. The molecule has 0 fully saturated rings. The van der Waals surface area contributed by atoms with Gasteiger partial charge in [-0.15, -0.1) is 0 Å². The summed E-state index contributed by atoms with van der Waals surface area (Å²) in [6.07, 6.45) is 0. The summed E-state index contributed by atoms with van der Waals surface area (Å²) in [4.78, 5) is 14.9. The maximum Gasteiger partial charge on any atom is 0.249 e. The molecule has 0 saturated heterocycles. The Balaban J connectivity index is 0.943. The quantitative estimate of drug-likeness (QED) is 0.126. The fourth-order valence-electron chi connectivity index (χ4n) is 15.4. The van der Waals surface area contributed by atoms with E-state index in [2.05, 4.69) is 358 Å². The van der Waals surface area contributed by atoms with E-state index in [4.69, 9.17) is 0 Å². The minimum Gasteiger partial charge on any atom is -0.311 e. The molecule has 4 aliphatic rings. The molecule has 0 aliphatic carbocycles. The second kappa shape index (κ2) is 21.8. The lowest BCUT2D eigenvalue weighted by Gasteiger charge is -2.44. The average molecular weight is 1220 g/mol. The maximum absolute atomic E-state index is 2.68. The van der Waals surface area contributed by atoms with Gasteiger partial charge in [0.1, 0.15) is 0 Å². The van der Waals surface area contributed by atoms with Crippen LogP contribution in [0.15, 0.2) is 353 Å². The molecule has 14 aromatic carbocycles. The van der Waals surface area contributed by atoms with E-state index in [1.54, 1.807) is 0 Å². The van der Waals surface area contributed by atoms with Crippen molar-refractivity contribution in [3.05, 3.63) is 334 Å². The van der Waals surface area contributed by atoms with Gasteiger partial charge in [0.15, 0.2) is 0 Å². The molecule has 434 valence electrons. The predicted octanol–water partition coefficient (Wildman–Crippen LogP) is 18.9. The Morgan fingerprint density at radius 1 is 0.269 bits per heavy atom. The summed E-state index contributed by atoms with van der Waals surface area (Å²) in [7, 11) is 0. The molecule has 93 heavy (non-hydrogen) atoms. The Morgan fingerprint density at radius 3 is 1.03 bits per heavy atom. The first-order valence-corrected chi connectivity index (χ1v) is 33.5. The number of nitrogens with zero attached hydrogens (tertiary/aromatic N) is 5. The first kappa shape index (κ1) is 53.7. The van der Waals surface area contributed by atoms with Crippen LogP contribution in [-0.2, 0) is 0 Å². The van der Waals surface area contributed by atoms with Gasteiger partial charge >= 0.3 is 0 Å². The molecule has 4 aliphatic heterocycles. The van der Waals surface area contributed by atoms with Crippen LogP contribution in [0.25, 0.3) is 38.6 Å². The first-order chi connectivity index (χ1) is 46.2. The zero-order valence-corrected chi connectivity index (χ0v) is 52.1. The van der Waals surface area contributed by atoms with Crippen molar-refractivity contribution in [1.82, 2.24) is 4.57 Å². The van der Waals surface area contributed by atoms with Crippen molar-refractivity contribution in [3.8, 4) is 16.8 Å². The molecule has 0 saturated carbocycles. The van der Waals surface area contributed by atoms with Crippen molar-refractivity contribution in [2.24, 2.45) is 0 Å². The predicted molar refractivity (Wildman–Crippen MR) is 395 cm³/mol. The number of fused-ring (bicyclic) bond motifs is 11. The van der Waals surface area contributed by atoms with Gasteiger partial charge in [-0.3, -0.25) is 0 Å².